The first-order chi connectivity index (χ1) is 8.97. The van der Waals surface area contributed by atoms with E-state index in [1.807, 2.05) is 63.5 Å². The van der Waals surface area contributed by atoms with E-state index in [9.17, 15) is 4.79 Å². The molecule has 0 spiro atoms. The molecule has 2 aromatic rings. The molecule has 0 saturated carbocycles. The van der Waals surface area contributed by atoms with Crippen molar-refractivity contribution in [2.75, 3.05) is 0 Å². The first-order valence-corrected chi connectivity index (χ1v) is 6.55. The van der Waals surface area contributed by atoms with Crippen molar-refractivity contribution in [3.8, 4) is 0 Å². The van der Waals surface area contributed by atoms with E-state index < -0.39 is 0 Å². The zero-order valence-corrected chi connectivity index (χ0v) is 11.8. The fraction of sp³-hybridized carbons (Fsp3) is 0.294. The lowest BCUT2D eigenvalue weighted by Crippen LogP contribution is -2.34. The van der Waals surface area contributed by atoms with Crippen LogP contribution in [0.3, 0.4) is 0 Å². The molecule has 2 nitrogen and oxygen atoms in total. The van der Waals surface area contributed by atoms with E-state index in [4.69, 9.17) is 0 Å². The van der Waals surface area contributed by atoms with Crippen molar-refractivity contribution < 1.29 is 9.36 Å². The molecule has 0 aliphatic heterocycles. The second-order valence-corrected chi connectivity index (χ2v) is 5.82. The van der Waals surface area contributed by atoms with Crippen LogP contribution >= 0.6 is 0 Å². The molecule has 1 aromatic heterocycles. The molecular weight excluding hydrogens is 234 g/mol. The lowest BCUT2D eigenvalue weighted by Gasteiger charge is -2.15. The van der Waals surface area contributed by atoms with Crippen LogP contribution in [0.1, 0.15) is 36.7 Å². The lowest BCUT2D eigenvalue weighted by molar-refractivity contribution is -0.688. The number of carbonyl (C=O) groups excluding carboxylic acids is 1. The third kappa shape index (κ3) is 3.50. The minimum absolute atomic E-state index is 0.180. The van der Waals surface area contributed by atoms with Gasteiger partial charge in [-0.25, -0.2) is 4.57 Å². The highest BCUT2D eigenvalue weighted by atomic mass is 16.1. The van der Waals surface area contributed by atoms with Crippen LogP contribution in [-0.4, -0.2) is 5.78 Å². The molecule has 0 amide bonds. The maximum Gasteiger partial charge on any atom is 0.173 e. The number of carbonyl (C=O) groups is 1. The van der Waals surface area contributed by atoms with Crippen molar-refractivity contribution in [2.45, 2.75) is 27.3 Å². The summed E-state index contributed by atoms with van der Waals surface area (Å²) in [5.74, 6) is 0.180. The Kier molecular flexibility index (Phi) is 3.79. The fourth-order valence-electron chi connectivity index (χ4n) is 1.94. The summed E-state index contributed by atoms with van der Waals surface area (Å²) in [5, 5.41) is 0. The summed E-state index contributed by atoms with van der Waals surface area (Å²) in [5.41, 5.74) is 1.70. The molecule has 0 radical (unpaired) electrons. The monoisotopic (exact) mass is 254 g/mol. The predicted molar refractivity (Wildman–Crippen MR) is 76.0 cm³/mol. The number of aromatic nitrogens is 1. The van der Waals surface area contributed by atoms with Crippen molar-refractivity contribution in [1.82, 2.24) is 0 Å². The van der Waals surface area contributed by atoms with Gasteiger partial charge in [0.1, 0.15) is 0 Å². The van der Waals surface area contributed by atoms with Crippen molar-refractivity contribution in [2.24, 2.45) is 5.41 Å². The number of Topliss-reactive ketones (excluding diaryl/α,β-unsaturated/α-hetero) is 1. The Morgan fingerprint density at radius 1 is 1.00 bits per heavy atom. The zero-order chi connectivity index (χ0) is 13.9. The Balaban J connectivity index is 2.13. The molecule has 0 saturated heterocycles. The zero-order valence-electron chi connectivity index (χ0n) is 11.8. The number of rotatable bonds is 3. The van der Waals surface area contributed by atoms with E-state index in [1.165, 1.54) is 5.56 Å². The van der Waals surface area contributed by atoms with E-state index in [2.05, 4.69) is 16.7 Å². The van der Waals surface area contributed by atoms with Gasteiger partial charge in [0, 0.05) is 28.7 Å². The smallest absolute Gasteiger partial charge is 0.173 e. The van der Waals surface area contributed by atoms with Crippen molar-refractivity contribution in [1.29, 1.82) is 0 Å². The second kappa shape index (κ2) is 5.35. The highest BCUT2D eigenvalue weighted by molar-refractivity contribution is 5.99. The normalized spacial score (nSPS) is 11.3. The molecule has 0 unspecified atom stereocenters. The molecule has 0 atom stereocenters. The van der Waals surface area contributed by atoms with E-state index in [0.29, 0.717) is 0 Å². The summed E-state index contributed by atoms with van der Waals surface area (Å²) in [6.45, 7) is 6.66. The Hall–Kier alpha value is -1.96. The van der Waals surface area contributed by atoms with Gasteiger partial charge in [0.25, 0.3) is 0 Å². The van der Waals surface area contributed by atoms with E-state index in [-0.39, 0.29) is 11.2 Å². The number of nitrogens with zero attached hydrogens (tertiary/aromatic N) is 1. The van der Waals surface area contributed by atoms with E-state index in [1.54, 1.807) is 0 Å². The summed E-state index contributed by atoms with van der Waals surface area (Å²) in [6.07, 6.45) is 3.93. The first-order valence-electron chi connectivity index (χ1n) is 6.55. The Morgan fingerprint density at radius 2 is 1.58 bits per heavy atom. The van der Waals surface area contributed by atoms with Crippen LogP contribution in [0.4, 0.5) is 0 Å². The van der Waals surface area contributed by atoms with Gasteiger partial charge in [-0.15, -0.1) is 0 Å². The van der Waals surface area contributed by atoms with Gasteiger partial charge in [0.15, 0.2) is 24.7 Å². The van der Waals surface area contributed by atoms with Gasteiger partial charge in [0.2, 0.25) is 0 Å². The topological polar surface area (TPSA) is 20.9 Å². The quantitative estimate of drug-likeness (QED) is 0.608. The first kappa shape index (κ1) is 13.5. The van der Waals surface area contributed by atoms with Crippen molar-refractivity contribution in [3.05, 3.63) is 66.0 Å². The SMILES string of the molecule is CC(C)(C)C(=O)c1cc[n+](Cc2ccccc2)cc1. The minimum Gasteiger partial charge on any atom is -0.294 e. The van der Waals surface area contributed by atoms with Gasteiger partial charge in [-0.1, -0.05) is 51.1 Å². The highest BCUT2D eigenvalue weighted by Crippen LogP contribution is 2.19. The molecule has 0 bridgehead atoms. The number of benzene rings is 1. The molecule has 2 heteroatoms. The van der Waals surface area contributed by atoms with Gasteiger partial charge in [0.05, 0.1) is 0 Å². The number of pyridine rings is 1. The summed E-state index contributed by atoms with van der Waals surface area (Å²) >= 11 is 0. The molecular formula is C17H20NO+. The van der Waals surface area contributed by atoms with Crippen LogP contribution in [0.25, 0.3) is 0 Å². The van der Waals surface area contributed by atoms with Gasteiger partial charge < -0.3 is 0 Å². The number of hydrogen-bond donors (Lipinski definition) is 0. The van der Waals surface area contributed by atoms with Crippen LogP contribution in [0.2, 0.25) is 0 Å². The third-order valence-electron chi connectivity index (χ3n) is 3.04. The Morgan fingerprint density at radius 3 is 2.11 bits per heavy atom. The summed E-state index contributed by atoms with van der Waals surface area (Å²) in [7, 11) is 0. The van der Waals surface area contributed by atoms with Crippen LogP contribution in [0.15, 0.2) is 54.9 Å². The molecule has 2 rings (SSSR count). The second-order valence-electron chi connectivity index (χ2n) is 5.82. The third-order valence-corrected chi connectivity index (χ3v) is 3.04. The van der Waals surface area contributed by atoms with Crippen LogP contribution < -0.4 is 4.57 Å². The largest absolute Gasteiger partial charge is 0.294 e. The molecule has 0 aliphatic carbocycles. The standard InChI is InChI=1S/C17H20NO/c1-17(2,3)16(19)15-9-11-18(12-10-15)13-14-7-5-4-6-8-14/h4-12H,13H2,1-3H3/q+1. The average molecular weight is 254 g/mol. The molecule has 0 N–H and O–H groups in total. The maximum absolute atomic E-state index is 12.1. The van der Waals surface area contributed by atoms with Crippen molar-refractivity contribution >= 4 is 5.78 Å². The highest BCUT2D eigenvalue weighted by Gasteiger charge is 2.23. The maximum atomic E-state index is 12.1. The van der Waals surface area contributed by atoms with Crippen LogP contribution in [-0.2, 0) is 6.54 Å². The van der Waals surface area contributed by atoms with E-state index >= 15 is 0 Å². The van der Waals surface area contributed by atoms with E-state index in [0.717, 1.165) is 12.1 Å². The Labute approximate surface area is 114 Å². The fourth-order valence-corrected chi connectivity index (χ4v) is 1.94. The van der Waals surface area contributed by atoms with Gasteiger partial charge >= 0.3 is 0 Å². The minimum atomic E-state index is -0.328. The molecule has 0 fully saturated rings. The number of ketones is 1. The average Bonchev–Trinajstić information content (AvgIpc) is 2.39. The molecule has 1 heterocycles. The number of hydrogen-bond acceptors (Lipinski definition) is 1. The lowest BCUT2D eigenvalue weighted by atomic mass is 9.87. The summed E-state index contributed by atoms with van der Waals surface area (Å²) < 4.78 is 2.08. The van der Waals surface area contributed by atoms with Crippen LogP contribution in [0.5, 0.6) is 0 Å². The molecule has 0 aliphatic rings. The molecule has 98 valence electrons. The Bertz CT molecular complexity index is 550. The van der Waals surface area contributed by atoms with Crippen molar-refractivity contribution in [3.63, 3.8) is 0 Å². The summed E-state index contributed by atoms with van der Waals surface area (Å²) in [4.78, 5) is 12.1. The molecule has 19 heavy (non-hydrogen) atoms. The summed E-state index contributed by atoms with van der Waals surface area (Å²) in [6, 6.07) is 14.1. The van der Waals surface area contributed by atoms with Gasteiger partial charge in [-0.3, -0.25) is 4.79 Å². The van der Waals surface area contributed by atoms with Crippen LogP contribution in [0, 0.1) is 5.41 Å². The predicted octanol–water partition coefficient (Wildman–Crippen LogP) is 3.25. The van der Waals surface area contributed by atoms with Gasteiger partial charge in [-0.05, 0) is 0 Å². The molecule has 1 aromatic carbocycles. The van der Waals surface area contributed by atoms with Gasteiger partial charge in [-0.2, -0.15) is 0 Å².